The van der Waals surface area contributed by atoms with E-state index in [2.05, 4.69) is 39.6 Å². The van der Waals surface area contributed by atoms with Gasteiger partial charge in [0.15, 0.2) is 0 Å². The van der Waals surface area contributed by atoms with Gasteiger partial charge in [-0.2, -0.15) is 0 Å². The van der Waals surface area contributed by atoms with Crippen LogP contribution < -0.4 is 5.32 Å². The molecule has 1 aromatic rings. The van der Waals surface area contributed by atoms with Gasteiger partial charge in [0, 0.05) is 39.9 Å². The lowest BCUT2D eigenvalue weighted by Gasteiger charge is -2.33. The van der Waals surface area contributed by atoms with E-state index in [0.29, 0.717) is 31.6 Å². The molecular weight excluding hydrogens is 372 g/mol. The molecule has 7 heteroatoms. The van der Waals surface area contributed by atoms with E-state index < -0.39 is 10.0 Å². The fourth-order valence-corrected chi connectivity index (χ4v) is 5.68. The highest BCUT2D eigenvalue weighted by Gasteiger charge is 2.27. The van der Waals surface area contributed by atoms with Crippen LogP contribution in [-0.2, 0) is 10.0 Å². The summed E-state index contributed by atoms with van der Waals surface area (Å²) in [5.74, 6) is 0.269. The maximum atomic E-state index is 12.0. The fraction of sp³-hybridized carbons (Fsp3) is 0.714. The summed E-state index contributed by atoms with van der Waals surface area (Å²) < 4.78 is 26.9. The largest absolute Gasteiger partial charge is 0.307 e. The summed E-state index contributed by atoms with van der Waals surface area (Å²) in [5.41, 5.74) is 0. The molecule has 0 radical (unpaired) electrons. The van der Waals surface area contributed by atoms with E-state index in [1.165, 1.54) is 4.88 Å². The molecule has 1 saturated heterocycles. The Morgan fingerprint density at radius 3 is 2.67 bits per heavy atom. The molecule has 1 unspecified atom stereocenters. The van der Waals surface area contributed by atoms with Crippen molar-refractivity contribution in [1.29, 1.82) is 0 Å². The molecule has 1 aliphatic heterocycles. The van der Waals surface area contributed by atoms with Crippen LogP contribution in [-0.4, -0.2) is 37.6 Å². The predicted molar refractivity (Wildman–Crippen MR) is 92.2 cm³/mol. The number of halogens is 1. The third-order valence-electron chi connectivity index (χ3n) is 3.81. The molecule has 120 valence electrons. The second kappa shape index (κ2) is 7.55. The highest BCUT2D eigenvalue weighted by atomic mass is 79.9. The topological polar surface area (TPSA) is 49.4 Å². The van der Waals surface area contributed by atoms with Gasteiger partial charge in [-0.25, -0.2) is 12.7 Å². The van der Waals surface area contributed by atoms with Crippen LogP contribution in [0.15, 0.2) is 15.9 Å². The molecule has 1 aromatic heterocycles. The van der Waals surface area contributed by atoms with Crippen LogP contribution >= 0.6 is 27.3 Å². The molecule has 0 bridgehead atoms. The van der Waals surface area contributed by atoms with E-state index >= 15 is 0 Å². The number of sulfonamides is 1. The fourth-order valence-electron chi connectivity index (χ4n) is 2.68. The smallest absolute Gasteiger partial charge is 0.214 e. The number of nitrogens with zero attached hydrogens (tertiary/aromatic N) is 1. The predicted octanol–water partition coefficient (Wildman–Crippen LogP) is 3.37. The van der Waals surface area contributed by atoms with E-state index in [1.807, 2.05) is 6.92 Å². The molecule has 1 N–H and O–H groups in total. The zero-order chi connectivity index (χ0) is 15.5. The molecular formula is C14H23BrN2O2S2. The average Bonchev–Trinajstić information content (AvgIpc) is 2.86. The number of hydrogen-bond donors (Lipinski definition) is 1. The molecule has 4 nitrogen and oxygen atoms in total. The van der Waals surface area contributed by atoms with E-state index in [9.17, 15) is 8.42 Å². The Labute approximate surface area is 140 Å². The van der Waals surface area contributed by atoms with Crippen LogP contribution in [0.2, 0.25) is 0 Å². The SMILES string of the molecule is CCCS(=O)(=O)N1CCC(NC(C)c2cc(Br)cs2)CC1. The first-order valence-electron chi connectivity index (χ1n) is 7.40. The summed E-state index contributed by atoms with van der Waals surface area (Å²) in [6, 6.07) is 2.85. The van der Waals surface area contributed by atoms with Gasteiger partial charge in [0.25, 0.3) is 0 Å². The summed E-state index contributed by atoms with van der Waals surface area (Å²) >= 11 is 5.22. The molecule has 0 amide bonds. The van der Waals surface area contributed by atoms with Gasteiger partial charge in [-0.1, -0.05) is 6.92 Å². The molecule has 1 fully saturated rings. The van der Waals surface area contributed by atoms with Crippen molar-refractivity contribution in [1.82, 2.24) is 9.62 Å². The third-order valence-corrected chi connectivity index (χ3v) is 7.76. The summed E-state index contributed by atoms with van der Waals surface area (Å²) in [6.45, 7) is 5.35. The first-order chi connectivity index (χ1) is 9.92. The van der Waals surface area contributed by atoms with Crippen molar-refractivity contribution in [2.45, 2.75) is 45.2 Å². The number of nitrogens with one attached hydrogen (secondary N) is 1. The molecule has 21 heavy (non-hydrogen) atoms. The van der Waals surface area contributed by atoms with Gasteiger partial charge in [-0.3, -0.25) is 0 Å². The molecule has 0 spiro atoms. The standard InChI is InChI=1S/C14H23BrN2O2S2/c1-3-8-21(18,19)17-6-4-13(5-7-17)16-11(2)14-9-12(15)10-20-14/h9-11,13,16H,3-8H2,1-2H3. The zero-order valence-corrected chi connectivity index (χ0v) is 15.7. The van der Waals surface area contributed by atoms with Crippen molar-refractivity contribution in [3.63, 3.8) is 0 Å². The second-order valence-electron chi connectivity index (χ2n) is 5.54. The molecule has 0 aliphatic carbocycles. The monoisotopic (exact) mass is 394 g/mol. The van der Waals surface area contributed by atoms with E-state index in [0.717, 1.165) is 17.3 Å². The minimum Gasteiger partial charge on any atom is -0.307 e. The summed E-state index contributed by atoms with van der Waals surface area (Å²) in [6.07, 6.45) is 2.46. The van der Waals surface area contributed by atoms with Gasteiger partial charge < -0.3 is 5.32 Å². The van der Waals surface area contributed by atoms with Crippen molar-refractivity contribution >= 4 is 37.3 Å². The Morgan fingerprint density at radius 2 is 2.14 bits per heavy atom. The molecule has 1 aliphatic rings. The minimum atomic E-state index is -3.03. The Balaban J connectivity index is 1.84. The van der Waals surface area contributed by atoms with Crippen molar-refractivity contribution < 1.29 is 8.42 Å². The van der Waals surface area contributed by atoms with E-state index in [1.54, 1.807) is 15.6 Å². The van der Waals surface area contributed by atoms with Crippen LogP contribution in [0.5, 0.6) is 0 Å². The lowest BCUT2D eigenvalue weighted by Crippen LogP contribution is -2.45. The number of thiophene rings is 1. The number of rotatable bonds is 6. The van der Waals surface area contributed by atoms with Gasteiger partial charge >= 0.3 is 0 Å². The molecule has 2 heterocycles. The van der Waals surface area contributed by atoms with E-state index in [4.69, 9.17) is 0 Å². The Bertz CT molecular complexity index is 551. The highest BCUT2D eigenvalue weighted by molar-refractivity contribution is 9.10. The molecule has 1 atom stereocenters. The maximum absolute atomic E-state index is 12.0. The first-order valence-corrected chi connectivity index (χ1v) is 10.7. The maximum Gasteiger partial charge on any atom is 0.214 e. The van der Waals surface area contributed by atoms with Crippen LogP contribution in [0.3, 0.4) is 0 Å². The van der Waals surface area contributed by atoms with Crippen molar-refractivity contribution in [3.8, 4) is 0 Å². The van der Waals surface area contributed by atoms with Crippen LogP contribution in [0, 0.1) is 0 Å². The molecule has 0 aromatic carbocycles. The second-order valence-corrected chi connectivity index (χ2v) is 9.49. The first kappa shape index (κ1) is 17.4. The van der Waals surface area contributed by atoms with Crippen molar-refractivity contribution in [3.05, 3.63) is 20.8 Å². The molecule has 2 rings (SSSR count). The van der Waals surface area contributed by atoms with Gasteiger partial charge in [0.2, 0.25) is 10.0 Å². The Hall–Kier alpha value is 0.0500. The van der Waals surface area contributed by atoms with Gasteiger partial charge in [-0.05, 0) is 48.2 Å². The summed E-state index contributed by atoms with van der Waals surface area (Å²) in [7, 11) is -3.03. The quantitative estimate of drug-likeness (QED) is 0.804. The highest BCUT2D eigenvalue weighted by Crippen LogP contribution is 2.26. The van der Waals surface area contributed by atoms with Crippen LogP contribution in [0.1, 0.15) is 44.0 Å². The van der Waals surface area contributed by atoms with Gasteiger partial charge in [-0.15, -0.1) is 11.3 Å². The van der Waals surface area contributed by atoms with E-state index in [-0.39, 0.29) is 5.75 Å². The van der Waals surface area contributed by atoms with Crippen LogP contribution in [0.4, 0.5) is 0 Å². The van der Waals surface area contributed by atoms with Crippen molar-refractivity contribution in [2.24, 2.45) is 0 Å². The Kier molecular flexibility index (Phi) is 6.25. The Morgan fingerprint density at radius 1 is 1.48 bits per heavy atom. The summed E-state index contributed by atoms with van der Waals surface area (Å²) in [4.78, 5) is 1.31. The van der Waals surface area contributed by atoms with Crippen molar-refractivity contribution in [2.75, 3.05) is 18.8 Å². The molecule has 0 saturated carbocycles. The van der Waals surface area contributed by atoms with Crippen LogP contribution in [0.25, 0.3) is 0 Å². The lowest BCUT2D eigenvalue weighted by molar-refractivity contribution is 0.278. The van der Waals surface area contributed by atoms with Gasteiger partial charge in [0.1, 0.15) is 0 Å². The third kappa shape index (κ3) is 4.76. The minimum absolute atomic E-state index is 0.269. The lowest BCUT2D eigenvalue weighted by atomic mass is 10.1. The normalized spacial score (nSPS) is 19.8. The summed E-state index contributed by atoms with van der Waals surface area (Å²) in [5, 5.41) is 5.71. The average molecular weight is 395 g/mol. The zero-order valence-electron chi connectivity index (χ0n) is 12.5. The number of piperidine rings is 1. The number of hydrogen-bond acceptors (Lipinski definition) is 4. The van der Waals surface area contributed by atoms with Gasteiger partial charge in [0.05, 0.1) is 5.75 Å².